The number of aryl methyl sites for hydroxylation is 1. The summed E-state index contributed by atoms with van der Waals surface area (Å²) in [6.45, 7) is 6.98. The largest absolute Gasteiger partial charge is 0.342 e. The molecule has 1 spiro atoms. The molecule has 1 aromatic carbocycles. The van der Waals surface area contributed by atoms with Gasteiger partial charge in [0.2, 0.25) is 11.8 Å². The van der Waals surface area contributed by atoms with E-state index < -0.39 is 0 Å². The third-order valence-corrected chi connectivity index (χ3v) is 5.45. The van der Waals surface area contributed by atoms with Crippen molar-refractivity contribution in [2.75, 3.05) is 19.6 Å². The summed E-state index contributed by atoms with van der Waals surface area (Å²) in [5, 5.41) is 0. The highest BCUT2D eigenvalue weighted by Gasteiger charge is 2.49. The van der Waals surface area contributed by atoms with Gasteiger partial charge in [-0.15, -0.1) is 0 Å². The molecule has 3 rings (SSSR count). The fraction of sp³-hybridized carbons (Fsp3) is 0.600. The molecule has 1 unspecified atom stereocenters. The van der Waals surface area contributed by atoms with Gasteiger partial charge in [-0.25, -0.2) is 0 Å². The highest BCUT2D eigenvalue weighted by molar-refractivity contribution is 5.86. The van der Waals surface area contributed by atoms with E-state index in [1.807, 2.05) is 16.7 Å². The van der Waals surface area contributed by atoms with Crippen LogP contribution in [0, 0.1) is 12.3 Å². The third kappa shape index (κ3) is 3.33. The molecular weight excluding hydrogens is 300 g/mol. The maximum absolute atomic E-state index is 13.2. The van der Waals surface area contributed by atoms with Gasteiger partial charge < -0.3 is 9.80 Å². The highest BCUT2D eigenvalue weighted by Crippen LogP contribution is 2.40. The molecule has 0 radical (unpaired) electrons. The van der Waals surface area contributed by atoms with E-state index in [0.29, 0.717) is 19.5 Å². The zero-order chi connectivity index (χ0) is 17.2. The fourth-order valence-electron chi connectivity index (χ4n) is 4.17. The van der Waals surface area contributed by atoms with Gasteiger partial charge in [0.1, 0.15) is 0 Å². The first-order chi connectivity index (χ1) is 11.5. The van der Waals surface area contributed by atoms with Gasteiger partial charge in [-0.2, -0.15) is 0 Å². The molecule has 2 saturated heterocycles. The summed E-state index contributed by atoms with van der Waals surface area (Å²) in [6, 6.07) is 8.38. The predicted octanol–water partition coefficient (Wildman–Crippen LogP) is 3.14. The minimum Gasteiger partial charge on any atom is -0.342 e. The second-order valence-corrected chi connectivity index (χ2v) is 7.41. The second kappa shape index (κ2) is 6.96. The Morgan fingerprint density at radius 3 is 2.83 bits per heavy atom. The minimum atomic E-state index is -0.328. The zero-order valence-corrected chi connectivity index (χ0v) is 14.9. The summed E-state index contributed by atoms with van der Waals surface area (Å²) in [4.78, 5) is 29.3. The lowest BCUT2D eigenvalue weighted by molar-refractivity contribution is -0.146. The number of benzene rings is 1. The average molecular weight is 328 g/mol. The number of piperidine rings is 1. The van der Waals surface area contributed by atoms with E-state index in [9.17, 15) is 9.59 Å². The lowest BCUT2D eigenvalue weighted by Gasteiger charge is -2.39. The Kier molecular flexibility index (Phi) is 4.93. The van der Waals surface area contributed by atoms with Crippen molar-refractivity contribution in [2.24, 2.45) is 5.41 Å². The Balaban J connectivity index is 1.70. The maximum atomic E-state index is 13.2. The first-order valence-corrected chi connectivity index (χ1v) is 9.17. The average Bonchev–Trinajstić information content (AvgIpc) is 2.98. The lowest BCUT2D eigenvalue weighted by atomic mass is 9.78. The molecule has 0 N–H and O–H groups in total. The van der Waals surface area contributed by atoms with Crippen molar-refractivity contribution in [1.29, 1.82) is 0 Å². The van der Waals surface area contributed by atoms with Crippen LogP contribution in [0.15, 0.2) is 24.3 Å². The van der Waals surface area contributed by atoms with Crippen molar-refractivity contribution in [3.63, 3.8) is 0 Å². The number of hydrogen-bond donors (Lipinski definition) is 0. The van der Waals surface area contributed by atoms with Crippen LogP contribution >= 0.6 is 0 Å². The molecular formula is C20H28N2O2. The van der Waals surface area contributed by atoms with Crippen molar-refractivity contribution < 1.29 is 9.59 Å². The normalized spacial score (nSPS) is 24.0. The summed E-state index contributed by atoms with van der Waals surface area (Å²) in [5.74, 6) is 0.458. The van der Waals surface area contributed by atoms with E-state index in [-0.39, 0.29) is 17.2 Å². The van der Waals surface area contributed by atoms with Gasteiger partial charge in [0.15, 0.2) is 0 Å². The summed E-state index contributed by atoms with van der Waals surface area (Å²) < 4.78 is 0. The first kappa shape index (κ1) is 17.0. The van der Waals surface area contributed by atoms with Crippen LogP contribution in [0.5, 0.6) is 0 Å². The molecule has 2 amide bonds. The maximum Gasteiger partial charge on any atom is 0.230 e. The molecule has 2 aliphatic heterocycles. The van der Waals surface area contributed by atoms with Gasteiger partial charge in [0, 0.05) is 32.6 Å². The van der Waals surface area contributed by atoms with E-state index in [0.717, 1.165) is 38.8 Å². The Morgan fingerprint density at radius 1 is 1.25 bits per heavy atom. The number of carbonyl (C=O) groups is 2. The summed E-state index contributed by atoms with van der Waals surface area (Å²) in [5.41, 5.74) is 2.09. The number of nitrogens with zero attached hydrogens (tertiary/aromatic N) is 2. The van der Waals surface area contributed by atoms with Gasteiger partial charge >= 0.3 is 0 Å². The standard InChI is InChI=1S/C20H28N2O2/c1-3-6-18(23)22-12-10-20(15-22)9-5-11-21(19(20)24)14-17-8-4-7-16(2)13-17/h4,7-8,13H,3,5-6,9-12,14-15H2,1-2H3. The Labute approximate surface area is 144 Å². The van der Waals surface area contributed by atoms with E-state index in [1.165, 1.54) is 11.1 Å². The molecule has 0 aliphatic carbocycles. The Hall–Kier alpha value is -1.84. The summed E-state index contributed by atoms with van der Waals surface area (Å²) in [6.07, 6.45) is 4.25. The molecule has 1 aromatic rings. The van der Waals surface area contributed by atoms with Crippen LogP contribution in [0.1, 0.15) is 50.2 Å². The summed E-state index contributed by atoms with van der Waals surface area (Å²) >= 11 is 0. The van der Waals surface area contributed by atoms with Crippen molar-refractivity contribution in [2.45, 2.75) is 52.5 Å². The number of likely N-dealkylation sites (tertiary alicyclic amines) is 2. The molecule has 1 atom stereocenters. The van der Waals surface area contributed by atoms with Crippen LogP contribution in [-0.2, 0) is 16.1 Å². The second-order valence-electron chi connectivity index (χ2n) is 7.41. The van der Waals surface area contributed by atoms with Crippen molar-refractivity contribution >= 4 is 11.8 Å². The van der Waals surface area contributed by atoms with Crippen LogP contribution in [0.4, 0.5) is 0 Å². The van der Waals surface area contributed by atoms with Gasteiger partial charge in [-0.3, -0.25) is 9.59 Å². The van der Waals surface area contributed by atoms with E-state index in [4.69, 9.17) is 0 Å². The van der Waals surface area contributed by atoms with Gasteiger partial charge in [-0.1, -0.05) is 36.8 Å². The Bertz CT molecular complexity index is 628. The zero-order valence-electron chi connectivity index (χ0n) is 14.9. The quantitative estimate of drug-likeness (QED) is 0.852. The van der Waals surface area contributed by atoms with Gasteiger partial charge in [-0.05, 0) is 38.2 Å². The molecule has 2 aliphatic rings. The molecule has 2 heterocycles. The molecule has 0 saturated carbocycles. The van der Waals surface area contributed by atoms with Gasteiger partial charge in [0.05, 0.1) is 5.41 Å². The SMILES string of the molecule is CCCC(=O)N1CCC2(CCCN(Cc3cccc(C)c3)C2=O)C1. The number of hydrogen-bond acceptors (Lipinski definition) is 2. The molecule has 24 heavy (non-hydrogen) atoms. The van der Waals surface area contributed by atoms with Crippen molar-refractivity contribution in [1.82, 2.24) is 9.80 Å². The third-order valence-electron chi connectivity index (χ3n) is 5.45. The molecule has 0 aromatic heterocycles. The highest BCUT2D eigenvalue weighted by atomic mass is 16.2. The van der Waals surface area contributed by atoms with E-state index >= 15 is 0 Å². The van der Waals surface area contributed by atoms with Crippen LogP contribution in [-0.4, -0.2) is 41.2 Å². The lowest BCUT2D eigenvalue weighted by Crippen LogP contribution is -2.50. The van der Waals surface area contributed by atoms with Crippen LogP contribution in [0.25, 0.3) is 0 Å². The van der Waals surface area contributed by atoms with Crippen molar-refractivity contribution in [3.05, 3.63) is 35.4 Å². The van der Waals surface area contributed by atoms with E-state index in [2.05, 4.69) is 31.2 Å². The topological polar surface area (TPSA) is 40.6 Å². The monoisotopic (exact) mass is 328 g/mol. The smallest absolute Gasteiger partial charge is 0.230 e. The van der Waals surface area contributed by atoms with Gasteiger partial charge in [0.25, 0.3) is 0 Å². The van der Waals surface area contributed by atoms with Crippen LogP contribution < -0.4 is 0 Å². The van der Waals surface area contributed by atoms with Crippen molar-refractivity contribution in [3.8, 4) is 0 Å². The molecule has 0 bridgehead atoms. The van der Waals surface area contributed by atoms with Crippen LogP contribution in [0.2, 0.25) is 0 Å². The fourth-order valence-corrected chi connectivity index (χ4v) is 4.17. The Morgan fingerprint density at radius 2 is 2.08 bits per heavy atom. The molecule has 2 fully saturated rings. The first-order valence-electron chi connectivity index (χ1n) is 9.17. The molecule has 4 nitrogen and oxygen atoms in total. The number of amides is 2. The predicted molar refractivity (Wildman–Crippen MR) is 94.4 cm³/mol. The number of carbonyl (C=O) groups excluding carboxylic acids is 2. The molecule has 4 heteroatoms. The van der Waals surface area contributed by atoms with Crippen LogP contribution in [0.3, 0.4) is 0 Å². The number of rotatable bonds is 4. The molecule has 130 valence electrons. The summed E-state index contributed by atoms with van der Waals surface area (Å²) in [7, 11) is 0. The minimum absolute atomic E-state index is 0.206. The van der Waals surface area contributed by atoms with E-state index in [1.54, 1.807) is 0 Å².